The van der Waals surface area contributed by atoms with Crippen LogP contribution in [0.2, 0.25) is 0 Å². The van der Waals surface area contributed by atoms with Gasteiger partial charge in [0.15, 0.2) is 5.65 Å². The molecule has 6 nitrogen and oxygen atoms in total. The Bertz CT molecular complexity index is 1130. The van der Waals surface area contributed by atoms with E-state index in [2.05, 4.69) is 53.3 Å². The second-order valence-corrected chi connectivity index (χ2v) is 7.69. The van der Waals surface area contributed by atoms with Gasteiger partial charge in [0.05, 0.1) is 11.4 Å². The van der Waals surface area contributed by atoms with E-state index in [0.717, 1.165) is 34.2 Å². The van der Waals surface area contributed by atoms with Crippen molar-refractivity contribution in [3.05, 3.63) is 67.0 Å². The SMILES string of the molecule is CC1CCC(C)N1c1cccc(Nc2cc(-c3ccccc3)nn3ccnc23)n1. The van der Waals surface area contributed by atoms with Gasteiger partial charge in [-0.1, -0.05) is 36.4 Å². The van der Waals surface area contributed by atoms with Gasteiger partial charge in [0, 0.05) is 30.0 Å². The first-order chi connectivity index (χ1) is 14.2. The lowest BCUT2D eigenvalue weighted by molar-refractivity contribution is 0.684. The minimum absolute atomic E-state index is 0.511. The van der Waals surface area contributed by atoms with Crippen LogP contribution in [-0.2, 0) is 0 Å². The number of nitrogens with one attached hydrogen (secondary N) is 1. The van der Waals surface area contributed by atoms with Gasteiger partial charge in [0.2, 0.25) is 0 Å². The third-order valence-electron chi connectivity index (χ3n) is 5.64. The molecule has 2 atom stereocenters. The van der Waals surface area contributed by atoms with Crippen LogP contribution in [-0.4, -0.2) is 31.7 Å². The van der Waals surface area contributed by atoms with Gasteiger partial charge in [-0.2, -0.15) is 5.10 Å². The number of aromatic nitrogens is 4. The molecule has 0 aliphatic carbocycles. The van der Waals surface area contributed by atoms with Crippen LogP contribution in [0.15, 0.2) is 67.0 Å². The lowest BCUT2D eigenvalue weighted by Gasteiger charge is -2.27. The molecule has 1 fully saturated rings. The number of fused-ring (bicyclic) bond motifs is 1. The molecule has 0 bridgehead atoms. The van der Waals surface area contributed by atoms with Crippen molar-refractivity contribution >= 4 is 23.0 Å². The second-order valence-electron chi connectivity index (χ2n) is 7.69. The van der Waals surface area contributed by atoms with Gasteiger partial charge in [-0.15, -0.1) is 0 Å². The number of hydrogen-bond donors (Lipinski definition) is 1. The summed E-state index contributed by atoms with van der Waals surface area (Å²) in [6.07, 6.45) is 6.05. The van der Waals surface area contributed by atoms with Gasteiger partial charge in [0.25, 0.3) is 0 Å². The molecule has 1 N–H and O–H groups in total. The molecule has 29 heavy (non-hydrogen) atoms. The standard InChI is InChI=1S/C23H24N6/c1-16-11-12-17(2)29(16)22-10-6-9-21(26-22)25-20-15-19(18-7-4-3-5-8-18)27-28-14-13-24-23(20)28/h3-10,13-17H,11-12H2,1-2H3,(H,25,26). The van der Waals surface area contributed by atoms with E-state index in [0.29, 0.717) is 12.1 Å². The van der Waals surface area contributed by atoms with Gasteiger partial charge in [-0.25, -0.2) is 14.5 Å². The van der Waals surface area contributed by atoms with Crippen LogP contribution in [0.1, 0.15) is 26.7 Å². The van der Waals surface area contributed by atoms with Crippen LogP contribution in [0.25, 0.3) is 16.9 Å². The first kappa shape index (κ1) is 17.7. The first-order valence-electron chi connectivity index (χ1n) is 10.1. The van der Waals surface area contributed by atoms with Crippen LogP contribution in [0, 0.1) is 0 Å². The Morgan fingerprint density at radius 3 is 2.55 bits per heavy atom. The first-order valence-corrected chi connectivity index (χ1v) is 10.1. The molecule has 4 heterocycles. The number of rotatable bonds is 4. The van der Waals surface area contributed by atoms with E-state index >= 15 is 0 Å². The van der Waals surface area contributed by atoms with Crippen molar-refractivity contribution in [3.8, 4) is 11.3 Å². The van der Waals surface area contributed by atoms with E-state index in [1.54, 1.807) is 10.7 Å². The highest BCUT2D eigenvalue weighted by Crippen LogP contribution is 2.31. The summed E-state index contributed by atoms with van der Waals surface area (Å²) in [5.74, 6) is 1.83. The maximum Gasteiger partial charge on any atom is 0.177 e. The lowest BCUT2D eigenvalue weighted by Crippen LogP contribution is -2.33. The molecule has 0 amide bonds. The zero-order valence-corrected chi connectivity index (χ0v) is 16.7. The number of benzene rings is 1. The normalized spacial score (nSPS) is 19.0. The van der Waals surface area contributed by atoms with Crippen LogP contribution in [0.4, 0.5) is 17.3 Å². The summed E-state index contributed by atoms with van der Waals surface area (Å²) in [4.78, 5) is 11.8. The number of imidazole rings is 1. The fourth-order valence-corrected chi connectivity index (χ4v) is 4.18. The molecule has 2 unspecified atom stereocenters. The molecule has 0 saturated carbocycles. The summed E-state index contributed by atoms with van der Waals surface area (Å²) in [5.41, 5.74) is 3.61. The van der Waals surface area contributed by atoms with Crippen molar-refractivity contribution in [2.45, 2.75) is 38.8 Å². The highest BCUT2D eigenvalue weighted by molar-refractivity contribution is 5.77. The zero-order chi connectivity index (χ0) is 19.8. The number of hydrogen-bond acceptors (Lipinski definition) is 5. The Balaban J connectivity index is 1.52. The molecule has 4 aromatic rings. The van der Waals surface area contributed by atoms with Gasteiger partial charge in [-0.3, -0.25) is 0 Å². The van der Waals surface area contributed by atoms with Crippen molar-refractivity contribution < 1.29 is 0 Å². The maximum atomic E-state index is 4.90. The van der Waals surface area contributed by atoms with E-state index in [-0.39, 0.29) is 0 Å². The highest BCUT2D eigenvalue weighted by Gasteiger charge is 2.28. The van der Waals surface area contributed by atoms with Gasteiger partial charge < -0.3 is 10.2 Å². The predicted octanol–water partition coefficient (Wildman–Crippen LogP) is 4.91. The minimum atomic E-state index is 0.511. The van der Waals surface area contributed by atoms with Gasteiger partial charge in [-0.05, 0) is 44.9 Å². The van der Waals surface area contributed by atoms with Crippen molar-refractivity contribution in [2.24, 2.45) is 0 Å². The molecular weight excluding hydrogens is 360 g/mol. The fraction of sp³-hybridized carbons (Fsp3) is 0.261. The molecule has 5 rings (SSSR count). The quantitative estimate of drug-likeness (QED) is 0.542. The average Bonchev–Trinajstić information content (AvgIpc) is 3.35. The maximum absolute atomic E-state index is 4.90. The number of anilines is 3. The van der Waals surface area contributed by atoms with Gasteiger partial charge in [0.1, 0.15) is 11.6 Å². The number of nitrogens with zero attached hydrogens (tertiary/aromatic N) is 5. The van der Waals surface area contributed by atoms with E-state index in [4.69, 9.17) is 10.1 Å². The smallest absolute Gasteiger partial charge is 0.177 e. The summed E-state index contributed by atoms with van der Waals surface area (Å²) in [5, 5.41) is 8.17. The molecule has 1 aromatic carbocycles. The van der Waals surface area contributed by atoms with Crippen molar-refractivity contribution in [2.75, 3.05) is 10.2 Å². The van der Waals surface area contributed by atoms with Crippen molar-refractivity contribution in [1.82, 2.24) is 19.6 Å². The van der Waals surface area contributed by atoms with Gasteiger partial charge >= 0.3 is 0 Å². The molecule has 1 aliphatic rings. The molecule has 3 aromatic heterocycles. The predicted molar refractivity (Wildman–Crippen MR) is 117 cm³/mol. The Kier molecular flexibility index (Phi) is 4.39. The lowest BCUT2D eigenvalue weighted by atomic mass is 10.1. The Morgan fingerprint density at radius 1 is 0.966 bits per heavy atom. The highest BCUT2D eigenvalue weighted by atomic mass is 15.3. The Hall–Kier alpha value is -3.41. The summed E-state index contributed by atoms with van der Waals surface area (Å²) >= 11 is 0. The summed E-state index contributed by atoms with van der Waals surface area (Å²) < 4.78 is 1.80. The third-order valence-corrected chi connectivity index (χ3v) is 5.64. The third kappa shape index (κ3) is 3.31. The zero-order valence-electron chi connectivity index (χ0n) is 16.7. The molecule has 6 heteroatoms. The monoisotopic (exact) mass is 384 g/mol. The summed E-state index contributed by atoms with van der Waals surface area (Å²) in [7, 11) is 0. The summed E-state index contributed by atoms with van der Waals surface area (Å²) in [6.45, 7) is 4.54. The molecule has 1 saturated heterocycles. The second kappa shape index (κ2) is 7.20. The molecule has 0 spiro atoms. The molecular formula is C23H24N6. The Labute approximate surface area is 170 Å². The van der Waals surface area contributed by atoms with Crippen LogP contribution >= 0.6 is 0 Å². The van der Waals surface area contributed by atoms with Crippen molar-refractivity contribution in [1.29, 1.82) is 0 Å². The molecule has 1 aliphatic heterocycles. The van der Waals surface area contributed by atoms with E-state index in [1.807, 2.05) is 36.5 Å². The fourth-order valence-electron chi connectivity index (χ4n) is 4.18. The summed E-state index contributed by atoms with van der Waals surface area (Å²) in [6, 6.07) is 19.4. The van der Waals surface area contributed by atoms with E-state index in [1.165, 1.54) is 12.8 Å². The Morgan fingerprint density at radius 2 is 1.76 bits per heavy atom. The van der Waals surface area contributed by atoms with Crippen molar-refractivity contribution in [3.63, 3.8) is 0 Å². The minimum Gasteiger partial charge on any atom is -0.351 e. The number of pyridine rings is 1. The average molecular weight is 384 g/mol. The van der Waals surface area contributed by atoms with Crippen LogP contribution in [0.3, 0.4) is 0 Å². The molecule has 0 radical (unpaired) electrons. The van der Waals surface area contributed by atoms with Crippen LogP contribution in [0.5, 0.6) is 0 Å². The van der Waals surface area contributed by atoms with E-state index < -0.39 is 0 Å². The van der Waals surface area contributed by atoms with E-state index in [9.17, 15) is 0 Å². The van der Waals surface area contributed by atoms with Crippen LogP contribution < -0.4 is 10.2 Å². The largest absolute Gasteiger partial charge is 0.351 e. The topological polar surface area (TPSA) is 58.4 Å². The molecule has 146 valence electrons.